The second-order valence-corrected chi connectivity index (χ2v) is 6.02. The average molecular weight is 327 g/mol. The molecule has 22 heavy (non-hydrogen) atoms. The zero-order valence-corrected chi connectivity index (χ0v) is 14.6. The molecule has 1 unspecified atom stereocenters. The van der Waals surface area contributed by atoms with Gasteiger partial charge in [-0.05, 0) is 38.9 Å². The monoisotopic (exact) mass is 326 g/mol. The number of hydrogen-bond donors (Lipinski definition) is 1. The van der Waals surface area contributed by atoms with Crippen molar-refractivity contribution < 1.29 is 9.47 Å². The molecule has 1 aromatic carbocycles. The average Bonchev–Trinajstić information content (AvgIpc) is 2.97. The highest BCUT2D eigenvalue weighted by atomic mass is 35.5. The number of methoxy groups -OCH3 is 1. The minimum atomic E-state index is 0.608. The summed E-state index contributed by atoms with van der Waals surface area (Å²) < 4.78 is 11.1. The van der Waals surface area contributed by atoms with Gasteiger partial charge in [0.2, 0.25) is 0 Å². The number of likely N-dealkylation sites (tertiary alicyclic amines) is 1. The van der Waals surface area contributed by atoms with Crippen molar-refractivity contribution in [3.05, 3.63) is 22.7 Å². The zero-order chi connectivity index (χ0) is 15.9. The molecule has 124 valence electrons. The van der Waals surface area contributed by atoms with Crippen molar-refractivity contribution in [2.24, 2.45) is 0 Å². The van der Waals surface area contributed by atoms with E-state index in [0.717, 1.165) is 30.9 Å². The Morgan fingerprint density at radius 3 is 2.86 bits per heavy atom. The Bertz CT molecular complexity index is 482. The number of halogens is 1. The maximum Gasteiger partial charge on any atom is 0.165 e. The lowest BCUT2D eigenvalue weighted by Gasteiger charge is -2.23. The van der Waals surface area contributed by atoms with Gasteiger partial charge in [-0.2, -0.15) is 0 Å². The summed E-state index contributed by atoms with van der Waals surface area (Å²) in [4.78, 5) is 2.54. The summed E-state index contributed by atoms with van der Waals surface area (Å²) in [5, 5.41) is 4.22. The van der Waals surface area contributed by atoms with E-state index in [1.54, 1.807) is 13.2 Å². The fourth-order valence-corrected chi connectivity index (χ4v) is 3.36. The second kappa shape index (κ2) is 8.61. The minimum Gasteiger partial charge on any atom is -0.493 e. The predicted octanol–water partition coefficient (Wildman–Crippen LogP) is 3.32. The first kappa shape index (κ1) is 17.4. The Labute approximate surface area is 138 Å². The van der Waals surface area contributed by atoms with Crippen LogP contribution < -0.4 is 14.8 Å². The van der Waals surface area contributed by atoms with E-state index in [9.17, 15) is 0 Å². The smallest absolute Gasteiger partial charge is 0.165 e. The third kappa shape index (κ3) is 4.28. The van der Waals surface area contributed by atoms with Crippen LogP contribution in [0.25, 0.3) is 0 Å². The molecule has 0 aromatic heterocycles. The molecule has 1 saturated heterocycles. The molecule has 0 amide bonds. The van der Waals surface area contributed by atoms with Gasteiger partial charge in [0, 0.05) is 35.8 Å². The molecule has 0 bridgehead atoms. The van der Waals surface area contributed by atoms with Crippen LogP contribution in [0.4, 0.5) is 0 Å². The number of rotatable bonds is 8. The van der Waals surface area contributed by atoms with Crippen molar-refractivity contribution in [1.29, 1.82) is 0 Å². The largest absolute Gasteiger partial charge is 0.493 e. The lowest BCUT2D eigenvalue weighted by molar-refractivity contribution is 0.259. The minimum absolute atomic E-state index is 0.608. The van der Waals surface area contributed by atoms with E-state index in [1.807, 2.05) is 13.0 Å². The highest BCUT2D eigenvalue weighted by molar-refractivity contribution is 6.30. The van der Waals surface area contributed by atoms with Crippen LogP contribution in [0.15, 0.2) is 12.1 Å². The Kier molecular flexibility index (Phi) is 6.80. The molecule has 1 fully saturated rings. The van der Waals surface area contributed by atoms with Crippen LogP contribution in [0.2, 0.25) is 5.02 Å². The van der Waals surface area contributed by atoms with E-state index < -0.39 is 0 Å². The van der Waals surface area contributed by atoms with Crippen molar-refractivity contribution >= 4 is 11.6 Å². The number of likely N-dealkylation sites (N-methyl/N-ethyl adjacent to an activating group) is 1. The van der Waals surface area contributed by atoms with Gasteiger partial charge < -0.3 is 14.8 Å². The van der Waals surface area contributed by atoms with Crippen LogP contribution in [0, 0.1) is 0 Å². The number of benzene rings is 1. The van der Waals surface area contributed by atoms with Gasteiger partial charge in [0.05, 0.1) is 13.7 Å². The Morgan fingerprint density at radius 1 is 1.36 bits per heavy atom. The van der Waals surface area contributed by atoms with Crippen LogP contribution in [-0.4, -0.2) is 44.3 Å². The summed E-state index contributed by atoms with van der Waals surface area (Å²) in [5.74, 6) is 1.49. The van der Waals surface area contributed by atoms with Gasteiger partial charge >= 0.3 is 0 Å². The third-order valence-electron chi connectivity index (χ3n) is 4.21. The zero-order valence-electron chi connectivity index (χ0n) is 13.8. The summed E-state index contributed by atoms with van der Waals surface area (Å²) in [6, 6.07) is 4.39. The van der Waals surface area contributed by atoms with E-state index >= 15 is 0 Å². The molecule has 0 aliphatic carbocycles. The summed E-state index contributed by atoms with van der Waals surface area (Å²) in [5.41, 5.74) is 1.05. The van der Waals surface area contributed by atoms with E-state index in [1.165, 1.54) is 19.4 Å². The molecular formula is C17H27ClN2O2. The molecule has 1 aliphatic heterocycles. The maximum absolute atomic E-state index is 6.18. The maximum atomic E-state index is 6.18. The van der Waals surface area contributed by atoms with Crippen molar-refractivity contribution in [2.45, 2.75) is 39.3 Å². The normalized spacial score (nSPS) is 18.6. The van der Waals surface area contributed by atoms with Crippen LogP contribution >= 0.6 is 11.6 Å². The molecule has 1 heterocycles. The van der Waals surface area contributed by atoms with Gasteiger partial charge in [-0.1, -0.05) is 18.5 Å². The number of nitrogens with one attached hydrogen (secondary N) is 1. The first-order valence-electron chi connectivity index (χ1n) is 8.13. The van der Waals surface area contributed by atoms with Gasteiger partial charge in [0.15, 0.2) is 11.5 Å². The topological polar surface area (TPSA) is 33.7 Å². The number of hydrogen-bond acceptors (Lipinski definition) is 4. The molecule has 0 saturated carbocycles. The number of ether oxygens (including phenoxy) is 2. The molecule has 0 spiro atoms. The second-order valence-electron chi connectivity index (χ2n) is 5.58. The fraction of sp³-hybridized carbons (Fsp3) is 0.647. The Hall–Kier alpha value is -0.970. The molecule has 1 aliphatic rings. The van der Waals surface area contributed by atoms with Crippen LogP contribution in [0.3, 0.4) is 0 Å². The van der Waals surface area contributed by atoms with Gasteiger partial charge in [-0.25, -0.2) is 0 Å². The van der Waals surface area contributed by atoms with Gasteiger partial charge in [0.1, 0.15) is 0 Å². The lowest BCUT2D eigenvalue weighted by Crippen LogP contribution is -2.37. The SMILES string of the molecule is CCOc1c(CNCC2CCCN2CC)cc(Cl)cc1OC. The van der Waals surface area contributed by atoms with Crippen LogP contribution in [0.1, 0.15) is 32.3 Å². The van der Waals surface area contributed by atoms with Crippen molar-refractivity contribution in [2.75, 3.05) is 33.4 Å². The fourth-order valence-electron chi connectivity index (χ4n) is 3.13. The highest BCUT2D eigenvalue weighted by Gasteiger charge is 2.22. The Balaban J connectivity index is 2.00. The van der Waals surface area contributed by atoms with Crippen molar-refractivity contribution in [3.8, 4) is 11.5 Å². The molecule has 5 heteroatoms. The Morgan fingerprint density at radius 2 is 2.18 bits per heavy atom. The van der Waals surface area contributed by atoms with E-state index in [4.69, 9.17) is 21.1 Å². The molecule has 1 aromatic rings. The molecule has 4 nitrogen and oxygen atoms in total. The molecule has 1 N–H and O–H groups in total. The summed E-state index contributed by atoms with van der Waals surface area (Å²) >= 11 is 6.18. The van der Waals surface area contributed by atoms with E-state index in [2.05, 4.69) is 17.1 Å². The summed E-state index contributed by atoms with van der Waals surface area (Å²) in [7, 11) is 1.64. The molecule has 1 atom stereocenters. The summed E-state index contributed by atoms with van der Waals surface area (Å²) in [6.45, 7) is 8.89. The molecule has 0 radical (unpaired) electrons. The first-order chi connectivity index (χ1) is 10.7. The van der Waals surface area contributed by atoms with Gasteiger partial charge in [0.25, 0.3) is 0 Å². The van der Waals surface area contributed by atoms with Crippen LogP contribution in [0.5, 0.6) is 11.5 Å². The standard InChI is InChI=1S/C17H27ClN2O2/c1-4-20-8-6-7-15(20)12-19-11-13-9-14(18)10-16(21-3)17(13)22-5-2/h9-10,15,19H,4-8,11-12H2,1-3H3. The van der Waals surface area contributed by atoms with Gasteiger partial charge in [-0.15, -0.1) is 0 Å². The molecular weight excluding hydrogens is 300 g/mol. The van der Waals surface area contributed by atoms with E-state index in [0.29, 0.717) is 23.4 Å². The van der Waals surface area contributed by atoms with Crippen LogP contribution in [-0.2, 0) is 6.54 Å². The quantitative estimate of drug-likeness (QED) is 0.794. The van der Waals surface area contributed by atoms with Gasteiger partial charge in [-0.3, -0.25) is 4.90 Å². The first-order valence-corrected chi connectivity index (χ1v) is 8.51. The summed E-state index contributed by atoms with van der Waals surface area (Å²) in [6.07, 6.45) is 2.58. The van der Waals surface area contributed by atoms with Crippen molar-refractivity contribution in [1.82, 2.24) is 10.2 Å². The number of nitrogens with zero attached hydrogens (tertiary/aromatic N) is 1. The predicted molar refractivity (Wildman–Crippen MR) is 91.1 cm³/mol. The third-order valence-corrected chi connectivity index (χ3v) is 4.42. The lowest BCUT2D eigenvalue weighted by atomic mass is 10.1. The molecule has 2 rings (SSSR count). The van der Waals surface area contributed by atoms with E-state index in [-0.39, 0.29) is 0 Å². The highest BCUT2D eigenvalue weighted by Crippen LogP contribution is 2.34. The van der Waals surface area contributed by atoms with Crippen molar-refractivity contribution in [3.63, 3.8) is 0 Å².